The molecule has 8 nitrogen and oxygen atoms in total. The van der Waals surface area contributed by atoms with Crippen LogP contribution in [-0.2, 0) is 16.4 Å². The van der Waals surface area contributed by atoms with Crippen molar-refractivity contribution in [3.8, 4) is 11.5 Å². The molecule has 1 saturated heterocycles. The van der Waals surface area contributed by atoms with E-state index in [1.807, 2.05) is 42.5 Å². The second kappa shape index (κ2) is 13.2. The number of fused-ring (bicyclic) bond motifs is 3. The normalized spacial score (nSPS) is 18.0. The molecule has 6 rings (SSSR count). The first-order valence-corrected chi connectivity index (χ1v) is 21.7. The van der Waals surface area contributed by atoms with Gasteiger partial charge in [0.1, 0.15) is 23.6 Å². The number of carbonyl (C=O) groups excluding carboxylic acids is 1. The Morgan fingerprint density at radius 3 is 2.24 bits per heavy atom. The summed E-state index contributed by atoms with van der Waals surface area (Å²) >= 11 is 12.4. The second-order valence-electron chi connectivity index (χ2n) is 13.3. The summed E-state index contributed by atoms with van der Waals surface area (Å²) in [6.45, 7) is 7.99. The van der Waals surface area contributed by atoms with Gasteiger partial charge in [-0.3, -0.25) is 4.90 Å². The number of sulfonamides is 1. The molecule has 0 aliphatic carbocycles. The number of nitrogens with zero attached hydrogens (tertiary/aromatic N) is 2. The molecule has 12 heteroatoms. The van der Waals surface area contributed by atoms with E-state index in [0.717, 1.165) is 33.8 Å². The Morgan fingerprint density at radius 2 is 1.57 bits per heavy atom. The minimum Gasteiger partial charge on any atom is -0.490 e. The maximum atomic E-state index is 13.6. The van der Waals surface area contributed by atoms with Crippen LogP contribution in [0.1, 0.15) is 35.7 Å². The lowest BCUT2D eigenvalue weighted by atomic mass is 9.92. The molecule has 1 fully saturated rings. The summed E-state index contributed by atoms with van der Waals surface area (Å²) in [4.78, 5) is 18.9. The van der Waals surface area contributed by atoms with E-state index in [0.29, 0.717) is 60.4 Å². The number of hydrogen-bond donors (Lipinski definition) is 1. The zero-order valence-corrected chi connectivity index (χ0v) is 29.6. The Bertz CT molecular complexity index is 1820. The molecule has 0 bridgehead atoms. The third kappa shape index (κ3) is 7.42. The lowest BCUT2D eigenvalue weighted by Gasteiger charge is -2.35. The second-order valence-corrected chi connectivity index (χ2v) is 21.9. The topological polar surface area (TPSA) is 91.9 Å². The molecule has 4 aromatic rings. The van der Waals surface area contributed by atoms with Gasteiger partial charge in [0.25, 0.3) is 0 Å². The van der Waals surface area contributed by atoms with Crippen LogP contribution in [0.2, 0.25) is 35.7 Å². The van der Waals surface area contributed by atoms with Crippen LogP contribution in [0.3, 0.4) is 0 Å². The smallest absolute Gasteiger partial charge is 0.416 e. The van der Waals surface area contributed by atoms with E-state index in [1.54, 1.807) is 33.5 Å². The van der Waals surface area contributed by atoms with Gasteiger partial charge in [0.2, 0.25) is 10.0 Å². The molecule has 1 N–H and O–H groups in total. The van der Waals surface area contributed by atoms with E-state index in [1.165, 1.54) is 0 Å². The van der Waals surface area contributed by atoms with E-state index in [2.05, 4.69) is 24.6 Å². The number of ether oxygens (including phenoxy) is 2. The van der Waals surface area contributed by atoms with Crippen LogP contribution in [0.15, 0.2) is 66.7 Å². The van der Waals surface area contributed by atoms with Crippen molar-refractivity contribution in [2.24, 2.45) is 0 Å². The van der Waals surface area contributed by atoms with Crippen molar-refractivity contribution in [1.82, 2.24) is 14.2 Å². The third-order valence-electron chi connectivity index (χ3n) is 8.75. The fourth-order valence-corrected chi connectivity index (χ4v) is 11.0. The zero-order chi connectivity index (χ0) is 32.6. The average Bonchev–Trinajstić information content (AvgIpc) is 3.39. The van der Waals surface area contributed by atoms with Crippen LogP contribution in [0.5, 0.6) is 11.5 Å². The molecule has 1 atom stereocenters. The summed E-state index contributed by atoms with van der Waals surface area (Å²) in [6.07, 6.45) is 1.40. The molecular formula is C34H39Cl2N3O5SSi. The first-order valence-electron chi connectivity index (χ1n) is 15.6. The van der Waals surface area contributed by atoms with Crippen molar-refractivity contribution in [3.05, 3.63) is 93.6 Å². The molecule has 0 saturated carbocycles. The summed E-state index contributed by atoms with van der Waals surface area (Å²) in [6, 6.07) is 20.6. The van der Waals surface area contributed by atoms with Crippen molar-refractivity contribution < 1.29 is 22.7 Å². The highest BCUT2D eigenvalue weighted by Crippen LogP contribution is 2.40. The minimum atomic E-state index is -3.25. The predicted octanol–water partition coefficient (Wildman–Crippen LogP) is 8.13. The number of hydrogen-bond acceptors (Lipinski definition) is 5. The summed E-state index contributed by atoms with van der Waals surface area (Å²) in [5.74, 6) is 1.35. The molecule has 0 spiro atoms. The van der Waals surface area contributed by atoms with E-state index >= 15 is 0 Å². The number of benzene rings is 3. The van der Waals surface area contributed by atoms with Crippen LogP contribution >= 0.6 is 23.2 Å². The predicted molar refractivity (Wildman–Crippen MR) is 187 cm³/mol. The first kappa shape index (κ1) is 32.9. The average molecular weight is 701 g/mol. The van der Waals surface area contributed by atoms with Gasteiger partial charge in [-0.1, -0.05) is 55.0 Å². The Morgan fingerprint density at radius 1 is 0.913 bits per heavy atom. The van der Waals surface area contributed by atoms with E-state index in [9.17, 15) is 13.2 Å². The van der Waals surface area contributed by atoms with Crippen molar-refractivity contribution in [2.75, 3.05) is 25.4 Å². The zero-order valence-electron chi connectivity index (χ0n) is 26.3. The maximum absolute atomic E-state index is 13.6. The maximum Gasteiger partial charge on any atom is 0.416 e. The lowest BCUT2D eigenvalue weighted by Crippen LogP contribution is -2.43. The van der Waals surface area contributed by atoms with Gasteiger partial charge >= 0.3 is 6.09 Å². The molecule has 2 aliphatic heterocycles. The number of piperidine rings is 1. The Hall–Kier alpha value is -3.02. The number of rotatable bonds is 8. The molecule has 1 amide bonds. The number of aromatic amines is 1. The number of aromatic nitrogens is 1. The molecule has 0 radical (unpaired) electrons. The SMILES string of the molecule is C[Si](C)(C)CCS(=O)(=O)N1CCC(Oc2ccc([C@H]3c4[nH]c5ccc(Cl)cc5c4CCN3C(=O)Oc3ccc(Cl)cc3)cc2)CC1. The summed E-state index contributed by atoms with van der Waals surface area (Å²) in [7, 11) is -4.69. The molecule has 0 unspecified atom stereocenters. The van der Waals surface area contributed by atoms with Gasteiger partial charge in [0.05, 0.1) is 5.75 Å². The van der Waals surface area contributed by atoms with E-state index in [-0.39, 0.29) is 11.9 Å². The molecule has 1 aromatic heterocycles. The number of carbonyl (C=O) groups is 1. The van der Waals surface area contributed by atoms with Gasteiger partial charge in [-0.2, -0.15) is 0 Å². The molecule has 2 aliphatic rings. The Labute approximate surface area is 281 Å². The summed E-state index contributed by atoms with van der Waals surface area (Å²) < 4.78 is 39.5. The lowest BCUT2D eigenvalue weighted by molar-refractivity contribution is 0.134. The number of nitrogens with one attached hydrogen (secondary N) is 1. The van der Waals surface area contributed by atoms with Crippen LogP contribution in [0.25, 0.3) is 10.9 Å². The van der Waals surface area contributed by atoms with Gasteiger partial charge in [0.15, 0.2) is 0 Å². The van der Waals surface area contributed by atoms with Crippen LogP contribution < -0.4 is 9.47 Å². The van der Waals surface area contributed by atoms with Crippen LogP contribution in [0.4, 0.5) is 4.79 Å². The van der Waals surface area contributed by atoms with Gasteiger partial charge in [0, 0.05) is 54.4 Å². The molecule has 46 heavy (non-hydrogen) atoms. The fourth-order valence-electron chi connectivity index (χ4n) is 6.18. The quantitative estimate of drug-likeness (QED) is 0.188. The number of amides is 1. The van der Waals surface area contributed by atoms with Crippen LogP contribution in [0, 0.1) is 0 Å². The van der Waals surface area contributed by atoms with Gasteiger partial charge in [-0.15, -0.1) is 0 Å². The highest BCUT2D eigenvalue weighted by Gasteiger charge is 2.36. The monoisotopic (exact) mass is 699 g/mol. The standard InChI is InChI=1S/C34H39Cl2N3O5SSi/c1-46(2,3)21-20-45(41,42)38-17-14-28(15-18-38)43-26-9-4-23(5-10-26)33-32-29(30-22-25(36)8-13-31(30)37-32)16-19-39(33)34(40)44-27-11-6-24(35)7-12-27/h4-13,22,28,33,37H,14-21H2,1-3H3/t33-/m0/s1. The number of halogens is 2. The highest BCUT2D eigenvalue weighted by molar-refractivity contribution is 7.89. The van der Waals surface area contributed by atoms with E-state index < -0.39 is 30.2 Å². The summed E-state index contributed by atoms with van der Waals surface area (Å²) in [5, 5.41) is 2.27. The minimum absolute atomic E-state index is 0.0696. The highest BCUT2D eigenvalue weighted by atomic mass is 35.5. The molecular weight excluding hydrogens is 661 g/mol. The number of H-pyrrole nitrogens is 1. The van der Waals surface area contributed by atoms with Crippen molar-refractivity contribution >= 4 is 58.3 Å². The molecule has 3 aromatic carbocycles. The molecule has 3 heterocycles. The van der Waals surface area contributed by atoms with Crippen molar-refractivity contribution in [2.45, 2.75) is 57.1 Å². The third-order valence-corrected chi connectivity index (χ3v) is 13.2. The van der Waals surface area contributed by atoms with Gasteiger partial charge < -0.3 is 14.5 Å². The Kier molecular flexibility index (Phi) is 9.47. The van der Waals surface area contributed by atoms with Crippen molar-refractivity contribution in [3.63, 3.8) is 0 Å². The summed E-state index contributed by atoms with van der Waals surface area (Å²) in [5.41, 5.74) is 3.92. The first-order chi connectivity index (χ1) is 21.9. The molecule has 244 valence electrons. The van der Waals surface area contributed by atoms with E-state index in [4.69, 9.17) is 32.7 Å². The largest absolute Gasteiger partial charge is 0.490 e. The fraction of sp³-hybridized carbons (Fsp3) is 0.382. The van der Waals surface area contributed by atoms with Crippen molar-refractivity contribution in [1.29, 1.82) is 0 Å². The van der Waals surface area contributed by atoms with Gasteiger partial charge in [-0.05, 0) is 91.0 Å². The Balaban J connectivity index is 1.19. The van der Waals surface area contributed by atoms with Gasteiger partial charge in [-0.25, -0.2) is 17.5 Å². The van der Waals surface area contributed by atoms with Crippen LogP contribution in [-0.4, -0.2) is 68.3 Å².